The van der Waals surface area contributed by atoms with Crippen LogP contribution in [0.4, 0.5) is 5.82 Å². The minimum Gasteiger partial charge on any atom is -0.358 e. The molecule has 0 fully saturated rings. The van der Waals surface area contributed by atoms with Gasteiger partial charge in [0.05, 0.1) is 12.5 Å². The molecule has 0 aliphatic rings. The van der Waals surface area contributed by atoms with Gasteiger partial charge < -0.3 is 9.88 Å². The maximum absolute atomic E-state index is 11.4. The molecule has 5 nitrogen and oxygen atoms in total. The third-order valence-electron chi connectivity index (χ3n) is 2.24. The Hall–Kier alpha value is -1.83. The number of H-pyrrole nitrogens is 1. The molecule has 0 bridgehead atoms. The van der Waals surface area contributed by atoms with Gasteiger partial charge in [0.2, 0.25) is 0 Å². The van der Waals surface area contributed by atoms with Crippen LogP contribution >= 0.6 is 0 Å². The summed E-state index contributed by atoms with van der Waals surface area (Å²) >= 11 is 0. The average Bonchev–Trinajstić information content (AvgIpc) is 2.24. The molecule has 0 unspecified atom stereocenters. The zero-order valence-corrected chi connectivity index (χ0v) is 9.82. The summed E-state index contributed by atoms with van der Waals surface area (Å²) in [5.74, 6) is 1.46. The van der Waals surface area contributed by atoms with Gasteiger partial charge in [-0.1, -0.05) is 13.8 Å². The first-order valence-electron chi connectivity index (χ1n) is 5.24. The number of nitrogens with one attached hydrogen (secondary N) is 1. The first kappa shape index (κ1) is 12.2. The van der Waals surface area contributed by atoms with E-state index in [1.165, 1.54) is 6.07 Å². The molecule has 0 atom stereocenters. The topological polar surface area (TPSA) is 72.8 Å². The van der Waals surface area contributed by atoms with Gasteiger partial charge in [0, 0.05) is 25.6 Å². The van der Waals surface area contributed by atoms with E-state index in [2.05, 4.69) is 16.0 Å². The summed E-state index contributed by atoms with van der Waals surface area (Å²) in [5, 5.41) is 8.49. The van der Waals surface area contributed by atoms with Gasteiger partial charge in [-0.3, -0.25) is 4.79 Å². The SMILES string of the molecule is CC(C)c1nc(N(C)CCC#N)cc(=O)[nH]1. The predicted molar refractivity (Wildman–Crippen MR) is 62.4 cm³/mol. The summed E-state index contributed by atoms with van der Waals surface area (Å²) < 4.78 is 0. The van der Waals surface area contributed by atoms with Gasteiger partial charge in [-0.25, -0.2) is 4.98 Å². The normalized spacial score (nSPS) is 10.2. The number of rotatable bonds is 4. The summed E-state index contributed by atoms with van der Waals surface area (Å²) in [6.07, 6.45) is 0.419. The van der Waals surface area contributed by atoms with Gasteiger partial charge in [-0.05, 0) is 0 Å². The number of aromatic nitrogens is 2. The van der Waals surface area contributed by atoms with Gasteiger partial charge in [0.15, 0.2) is 0 Å². The molecule has 0 spiro atoms. The predicted octanol–water partition coefficient (Wildman–Crippen LogP) is 1.24. The van der Waals surface area contributed by atoms with E-state index in [0.717, 1.165) is 0 Å². The van der Waals surface area contributed by atoms with Crippen molar-refractivity contribution in [1.82, 2.24) is 9.97 Å². The van der Waals surface area contributed by atoms with Crippen molar-refractivity contribution >= 4 is 5.82 Å². The zero-order chi connectivity index (χ0) is 12.1. The molecule has 1 N–H and O–H groups in total. The van der Waals surface area contributed by atoms with Crippen LogP contribution in [0, 0.1) is 11.3 Å². The number of aromatic amines is 1. The van der Waals surface area contributed by atoms with E-state index in [9.17, 15) is 4.79 Å². The van der Waals surface area contributed by atoms with Gasteiger partial charge in [-0.15, -0.1) is 0 Å². The van der Waals surface area contributed by atoms with E-state index in [0.29, 0.717) is 24.6 Å². The highest BCUT2D eigenvalue weighted by atomic mass is 16.1. The van der Waals surface area contributed by atoms with Crippen molar-refractivity contribution in [2.75, 3.05) is 18.5 Å². The molecule has 0 aliphatic carbocycles. The number of nitriles is 1. The molecule has 0 aliphatic heterocycles. The Morgan fingerprint density at radius 2 is 2.31 bits per heavy atom. The fourth-order valence-electron chi connectivity index (χ4n) is 1.26. The summed E-state index contributed by atoms with van der Waals surface area (Å²) in [6, 6.07) is 3.51. The van der Waals surface area contributed by atoms with Crippen molar-refractivity contribution in [1.29, 1.82) is 5.26 Å². The molecule has 16 heavy (non-hydrogen) atoms. The molecule has 0 aromatic carbocycles. The average molecular weight is 220 g/mol. The van der Waals surface area contributed by atoms with Crippen molar-refractivity contribution in [3.8, 4) is 6.07 Å². The number of anilines is 1. The highest BCUT2D eigenvalue weighted by Crippen LogP contribution is 2.11. The molecule has 1 aromatic heterocycles. The van der Waals surface area contributed by atoms with Crippen LogP contribution in [-0.2, 0) is 0 Å². The summed E-state index contributed by atoms with van der Waals surface area (Å²) in [6.45, 7) is 4.51. The largest absolute Gasteiger partial charge is 0.358 e. The van der Waals surface area contributed by atoms with Crippen molar-refractivity contribution in [2.45, 2.75) is 26.2 Å². The monoisotopic (exact) mass is 220 g/mol. The second-order valence-electron chi connectivity index (χ2n) is 3.97. The number of nitrogens with zero attached hydrogens (tertiary/aromatic N) is 3. The lowest BCUT2D eigenvalue weighted by Gasteiger charge is -2.17. The molecular formula is C11H16N4O. The van der Waals surface area contributed by atoms with Gasteiger partial charge in [0.25, 0.3) is 5.56 Å². The van der Waals surface area contributed by atoms with Crippen LogP contribution in [0.25, 0.3) is 0 Å². The van der Waals surface area contributed by atoms with E-state index >= 15 is 0 Å². The minimum absolute atomic E-state index is 0.155. The van der Waals surface area contributed by atoms with Crippen molar-refractivity contribution in [3.63, 3.8) is 0 Å². The fraction of sp³-hybridized carbons (Fsp3) is 0.545. The van der Waals surface area contributed by atoms with Gasteiger partial charge in [-0.2, -0.15) is 5.26 Å². The van der Waals surface area contributed by atoms with E-state index in [-0.39, 0.29) is 11.5 Å². The highest BCUT2D eigenvalue weighted by Gasteiger charge is 2.08. The lowest BCUT2D eigenvalue weighted by molar-refractivity contribution is 0.755. The van der Waals surface area contributed by atoms with E-state index in [1.807, 2.05) is 25.8 Å². The Bertz CT molecular complexity index is 444. The van der Waals surface area contributed by atoms with Gasteiger partial charge >= 0.3 is 0 Å². The Balaban J connectivity index is 2.96. The van der Waals surface area contributed by atoms with E-state index in [1.54, 1.807) is 0 Å². The maximum Gasteiger partial charge on any atom is 0.252 e. The Morgan fingerprint density at radius 1 is 1.62 bits per heavy atom. The van der Waals surface area contributed by atoms with Crippen LogP contribution in [0.5, 0.6) is 0 Å². The maximum atomic E-state index is 11.4. The molecule has 1 aromatic rings. The van der Waals surface area contributed by atoms with E-state index in [4.69, 9.17) is 5.26 Å². The van der Waals surface area contributed by atoms with Crippen LogP contribution in [0.2, 0.25) is 0 Å². The summed E-state index contributed by atoms with van der Waals surface area (Å²) in [7, 11) is 1.82. The molecule has 5 heteroatoms. The lowest BCUT2D eigenvalue weighted by Crippen LogP contribution is -2.23. The third kappa shape index (κ3) is 3.09. The van der Waals surface area contributed by atoms with Crippen molar-refractivity contribution < 1.29 is 0 Å². The molecule has 0 radical (unpaired) electrons. The molecular weight excluding hydrogens is 204 g/mol. The van der Waals surface area contributed by atoms with Crippen LogP contribution in [0.15, 0.2) is 10.9 Å². The quantitative estimate of drug-likeness (QED) is 0.828. The standard InChI is InChI=1S/C11H16N4O/c1-8(2)11-13-9(7-10(16)14-11)15(3)6-4-5-12/h7-8H,4,6H2,1-3H3,(H,13,14,16). The molecule has 0 amide bonds. The van der Waals surface area contributed by atoms with E-state index < -0.39 is 0 Å². The third-order valence-corrected chi connectivity index (χ3v) is 2.24. The van der Waals surface area contributed by atoms with Gasteiger partial charge in [0.1, 0.15) is 11.6 Å². The van der Waals surface area contributed by atoms with Crippen molar-refractivity contribution in [3.05, 3.63) is 22.2 Å². The Kier molecular flexibility index (Phi) is 4.06. The van der Waals surface area contributed by atoms with Crippen LogP contribution in [0.3, 0.4) is 0 Å². The first-order chi connectivity index (χ1) is 7.54. The van der Waals surface area contributed by atoms with Crippen LogP contribution < -0.4 is 10.5 Å². The number of hydrogen-bond donors (Lipinski definition) is 1. The Morgan fingerprint density at radius 3 is 2.88 bits per heavy atom. The molecule has 1 rings (SSSR count). The number of hydrogen-bond acceptors (Lipinski definition) is 4. The zero-order valence-electron chi connectivity index (χ0n) is 9.82. The summed E-state index contributed by atoms with van der Waals surface area (Å²) in [5.41, 5.74) is -0.155. The lowest BCUT2D eigenvalue weighted by atomic mass is 10.2. The fourth-order valence-corrected chi connectivity index (χ4v) is 1.26. The Labute approximate surface area is 94.7 Å². The highest BCUT2D eigenvalue weighted by molar-refractivity contribution is 5.36. The summed E-state index contributed by atoms with van der Waals surface area (Å²) in [4.78, 5) is 20.3. The molecule has 1 heterocycles. The van der Waals surface area contributed by atoms with Crippen LogP contribution in [-0.4, -0.2) is 23.6 Å². The molecule has 86 valence electrons. The first-order valence-corrected chi connectivity index (χ1v) is 5.24. The molecule has 0 saturated carbocycles. The second kappa shape index (κ2) is 5.31. The van der Waals surface area contributed by atoms with Crippen LogP contribution in [0.1, 0.15) is 32.0 Å². The van der Waals surface area contributed by atoms with Crippen molar-refractivity contribution in [2.24, 2.45) is 0 Å². The second-order valence-corrected chi connectivity index (χ2v) is 3.97. The minimum atomic E-state index is -0.155. The molecule has 0 saturated heterocycles. The smallest absolute Gasteiger partial charge is 0.252 e.